The highest BCUT2D eigenvalue weighted by Gasteiger charge is 2.12. The Morgan fingerprint density at radius 1 is 1.38 bits per heavy atom. The van der Waals surface area contributed by atoms with Crippen molar-refractivity contribution in [2.24, 2.45) is 0 Å². The number of rotatable bonds is 7. The van der Waals surface area contributed by atoms with Gasteiger partial charge in [-0.2, -0.15) is 0 Å². The molecule has 0 saturated carbocycles. The molecule has 1 aromatic rings. The summed E-state index contributed by atoms with van der Waals surface area (Å²) in [5.41, 5.74) is 1.08. The third kappa shape index (κ3) is 4.94. The summed E-state index contributed by atoms with van der Waals surface area (Å²) in [6.07, 6.45) is 1.63. The summed E-state index contributed by atoms with van der Waals surface area (Å²) in [4.78, 5) is 10.6. The van der Waals surface area contributed by atoms with Crippen LogP contribution in [0.3, 0.4) is 0 Å². The number of ether oxygens (including phenoxy) is 1. The average molecular weight is 222 g/mol. The fourth-order valence-electron chi connectivity index (χ4n) is 1.55. The van der Waals surface area contributed by atoms with Crippen LogP contribution in [0.5, 0.6) is 0 Å². The zero-order chi connectivity index (χ0) is 11.8. The van der Waals surface area contributed by atoms with Gasteiger partial charge in [-0.15, -0.1) is 0 Å². The number of hydrogen-bond acceptors (Lipinski definition) is 2. The lowest BCUT2D eigenvalue weighted by Gasteiger charge is -2.15. The minimum absolute atomic E-state index is 0.0840. The molecule has 1 aromatic carbocycles. The standard InChI is InChI=1S/C13H18O3/c1-2-6-12(9-13(14)15)16-10-11-7-4-3-5-8-11/h3-5,7-8,12H,2,6,9-10H2,1H3,(H,14,15)/t12-/m1/s1. The molecule has 0 bridgehead atoms. The molecule has 0 aliphatic heterocycles. The Labute approximate surface area is 96.1 Å². The van der Waals surface area contributed by atoms with Crippen LogP contribution in [0.4, 0.5) is 0 Å². The number of aliphatic carboxylic acids is 1. The summed E-state index contributed by atoms with van der Waals surface area (Å²) in [6.45, 7) is 2.51. The minimum atomic E-state index is -0.800. The van der Waals surface area contributed by atoms with Gasteiger partial charge in [-0.25, -0.2) is 0 Å². The van der Waals surface area contributed by atoms with Gasteiger partial charge in [0, 0.05) is 0 Å². The second-order valence-electron chi connectivity index (χ2n) is 3.81. The first-order valence-corrected chi connectivity index (χ1v) is 5.59. The van der Waals surface area contributed by atoms with Gasteiger partial charge in [0.25, 0.3) is 0 Å². The summed E-state index contributed by atoms with van der Waals surface area (Å²) in [7, 11) is 0. The molecule has 16 heavy (non-hydrogen) atoms. The predicted molar refractivity (Wildman–Crippen MR) is 62.2 cm³/mol. The Bertz CT molecular complexity index is 308. The monoisotopic (exact) mass is 222 g/mol. The maximum atomic E-state index is 10.6. The number of hydrogen-bond donors (Lipinski definition) is 1. The van der Waals surface area contributed by atoms with E-state index in [9.17, 15) is 4.79 Å². The Hall–Kier alpha value is -1.35. The van der Waals surface area contributed by atoms with E-state index in [2.05, 4.69) is 0 Å². The smallest absolute Gasteiger partial charge is 0.305 e. The van der Waals surface area contributed by atoms with Gasteiger partial charge >= 0.3 is 5.97 Å². The SMILES string of the molecule is CCC[C@H](CC(=O)O)OCc1ccccc1. The van der Waals surface area contributed by atoms with Crippen molar-refractivity contribution in [3.8, 4) is 0 Å². The quantitative estimate of drug-likeness (QED) is 0.771. The zero-order valence-corrected chi connectivity index (χ0v) is 9.56. The van der Waals surface area contributed by atoms with Crippen LogP contribution in [0, 0.1) is 0 Å². The maximum absolute atomic E-state index is 10.6. The summed E-state index contributed by atoms with van der Waals surface area (Å²) in [5, 5.41) is 8.73. The molecular formula is C13H18O3. The molecule has 0 saturated heterocycles. The lowest BCUT2D eigenvalue weighted by atomic mass is 10.1. The summed E-state index contributed by atoms with van der Waals surface area (Å²) in [5.74, 6) is -0.800. The fourth-order valence-corrected chi connectivity index (χ4v) is 1.55. The van der Waals surface area contributed by atoms with Gasteiger partial charge in [0.1, 0.15) is 0 Å². The zero-order valence-electron chi connectivity index (χ0n) is 9.56. The van der Waals surface area contributed by atoms with Gasteiger partial charge in [-0.05, 0) is 12.0 Å². The van der Waals surface area contributed by atoms with Crippen molar-refractivity contribution in [1.82, 2.24) is 0 Å². The Balaban J connectivity index is 2.40. The molecule has 88 valence electrons. The van der Waals surface area contributed by atoms with Crippen LogP contribution >= 0.6 is 0 Å². The van der Waals surface area contributed by atoms with Crippen molar-refractivity contribution < 1.29 is 14.6 Å². The van der Waals surface area contributed by atoms with E-state index >= 15 is 0 Å². The molecule has 0 aliphatic rings. The third-order valence-electron chi connectivity index (χ3n) is 2.34. The second-order valence-corrected chi connectivity index (χ2v) is 3.81. The first-order chi connectivity index (χ1) is 7.72. The van der Waals surface area contributed by atoms with E-state index in [1.807, 2.05) is 37.3 Å². The van der Waals surface area contributed by atoms with E-state index in [0.717, 1.165) is 18.4 Å². The lowest BCUT2D eigenvalue weighted by molar-refractivity contribution is -0.140. The van der Waals surface area contributed by atoms with Gasteiger partial charge in [0.15, 0.2) is 0 Å². The lowest BCUT2D eigenvalue weighted by Crippen LogP contribution is -2.17. The normalized spacial score (nSPS) is 12.3. The van der Waals surface area contributed by atoms with Crippen LogP contribution < -0.4 is 0 Å². The first kappa shape index (κ1) is 12.7. The number of benzene rings is 1. The van der Waals surface area contributed by atoms with E-state index < -0.39 is 5.97 Å². The number of carboxylic acid groups (broad SMARTS) is 1. The summed E-state index contributed by atoms with van der Waals surface area (Å²) in [6, 6.07) is 9.80. The van der Waals surface area contributed by atoms with Crippen molar-refractivity contribution >= 4 is 5.97 Å². The van der Waals surface area contributed by atoms with Crippen LogP contribution in [-0.2, 0) is 16.1 Å². The number of carbonyl (C=O) groups is 1. The van der Waals surface area contributed by atoms with Gasteiger partial charge in [0.05, 0.1) is 19.1 Å². The van der Waals surface area contributed by atoms with Crippen LogP contribution in [0.1, 0.15) is 31.7 Å². The molecule has 3 nitrogen and oxygen atoms in total. The Kier molecular flexibility index (Phi) is 5.57. The van der Waals surface area contributed by atoms with Crippen molar-refractivity contribution in [2.45, 2.75) is 38.9 Å². The summed E-state index contributed by atoms with van der Waals surface area (Å²) >= 11 is 0. The molecule has 1 rings (SSSR count). The van der Waals surface area contributed by atoms with E-state index in [1.165, 1.54) is 0 Å². The van der Waals surface area contributed by atoms with Crippen molar-refractivity contribution in [3.63, 3.8) is 0 Å². The van der Waals surface area contributed by atoms with E-state index in [1.54, 1.807) is 0 Å². The Morgan fingerprint density at radius 2 is 2.06 bits per heavy atom. The largest absolute Gasteiger partial charge is 0.481 e. The van der Waals surface area contributed by atoms with Crippen LogP contribution in [0.2, 0.25) is 0 Å². The molecular weight excluding hydrogens is 204 g/mol. The van der Waals surface area contributed by atoms with Crippen molar-refractivity contribution in [1.29, 1.82) is 0 Å². The van der Waals surface area contributed by atoms with Crippen LogP contribution in [0.25, 0.3) is 0 Å². The molecule has 0 amide bonds. The molecule has 3 heteroatoms. The molecule has 1 atom stereocenters. The number of carboxylic acids is 1. The average Bonchev–Trinajstić information content (AvgIpc) is 2.27. The van der Waals surface area contributed by atoms with Gasteiger partial charge in [-0.3, -0.25) is 4.79 Å². The first-order valence-electron chi connectivity index (χ1n) is 5.59. The van der Waals surface area contributed by atoms with Crippen molar-refractivity contribution in [2.75, 3.05) is 0 Å². The highest BCUT2D eigenvalue weighted by atomic mass is 16.5. The summed E-state index contributed by atoms with van der Waals surface area (Å²) < 4.78 is 5.60. The van der Waals surface area contributed by atoms with Gasteiger partial charge < -0.3 is 9.84 Å². The fraction of sp³-hybridized carbons (Fsp3) is 0.462. The molecule has 1 N–H and O–H groups in total. The van der Waals surface area contributed by atoms with Gasteiger partial charge in [0.2, 0.25) is 0 Å². The van der Waals surface area contributed by atoms with E-state index in [-0.39, 0.29) is 12.5 Å². The molecule has 0 aliphatic carbocycles. The molecule has 0 fully saturated rings. The topological polar surface area (TPSA) is 46.5 Å². The van der Waals surface area contributed by atoms with E-state index in [4.69, 9.17) is 9.84 Å². The molecule has 0 heterocycles. The molecule has 0 radical (unpaired) electrons. The van der Waals surface area contributed by atoms with Crippen LogP contribution in [-0.4, -0.2) is 17.2 Å². The van der Waals surface area contributed by atoms with Gasteiger partial charge in [-0.1, -0.05) is 43.7 Å². The minimum Gasteiger partial charge on any atom is -0.481 e. The highest BCUT2D eigenvalue weighted by Crippen LogP contribution is 2.10. The Morgan fingerprint density at radius 3 is 2.62 bits per heavy atom. The molecule has 0 unspecified atom stereocenters. The van der Waals surface area contributed by atoms with E-state index in [0.29, 0.717) is 6.61 Å². The molecule has 0 aromatic heterocycles. The second kappa shape index (κ2) is 7.01. The molecule has 0 spiro atoms. The predicted octanol–water partition coefficient (Wildman–Crippen LogP) is 2.85. The van der Waals surface area contributed by atoms with Crippen LogP contribution in [0.15, 0.2) is 30.3 Å². The highest BCUT2D eigenvalue weighted by molar-refractivity contribution is 5.67. The van der Waals surface area contributed by atoms with Crippen molar-refractivity contribution in [3.05, 3.63) is 35.9 Å². The third-order valence-corrected chi connectivity index (χ3v) is 2.34. The maximum Gasteiger partial charge on any atom is 0.305 e.